The summed E-state index contributed by atoms with van der Waals surface area (Å²) >= 11 is 0.589. The van der Waals surface area contributed by atoms with Crippen molar-refractivity contribution < 1.29 is 36.7 Å². The molecule has 0 fully saturated rings. The maximum atomic E-state index is 12.8. The molecule has 5 nitrogen and oxygen atoms in total. The van der Waals surface area contributed by atoms with E-state index in [0.29, 0.717) is 22.1 Å². The number of nitrogens with one attached hydrogen (secondary N) is 1. The molecule has 0 unspecified atom stereocenters. The zero-order valence-corrected chi connectivity index (χ0v) is 20.6. The number of carbonyl (C=O) groups is 2. The first-order valence-electron chi connectivity index (χ1n) is 8.32. The molecule has 0 spiro atoms. The number of hydrogen-bond acceptors (Lipinski definition) is 4. The van der Waals surface area contributed by atoms with Gasteiger partial charge in [0.2, 0.25) is 0 Å². The fraction of sp³-hybridized carbons (Fsp3) is 0.316. The van der Waals surface area contributed by atoms with Crippen molar-refractivity contribution in [1.29, 1.82) is 0 Å². The molecule has 0 saturated carbocycles. The number of carboxylic acid groups (broad SMARTS) is 1. The van der Waals surface area contributed by atoms with Crippen LogP contribution in [-0.4, -0.2) is 26.1 Å². The minimum absolute atomic E-state index is 0.00685. The predicted octanol–water partition coefficient (Wildman–Crippen LogP) is 1.61. The van der Waals surface area contributed by atoms with Gasteiger partial charge in [0.15, 0.2) is 0 Å². The second-order valence-electron chi connectivity index (χ2n) is 6.32. The van der Waals surface area contributed by atoms with Gasteiger partial charge in [0, 0.05) is 0 Å². The molecule has 1 aliphatic heterocycles. The van der Waals surface area contributed by atoms with Gasteiger partial charge in [0.25, 0.3) is 0 Å². The van der Waals surface area contributed by atoms with Crippen LogP contribution in [0.3, 0.4) is 0 Å². The molecule has 1 aliphatic rings. The summed E-state index contributed by atoms with van der Waals surface area (Å²) in [5, 5.41) is 12.1. The van der Waals surface area contributed by atoms with Gasteiger partial charge in [-0.1, -0.05) is 0 Å². The number of allylic oxidation sites excluding steroid dienone is 1. The maximum absolute atomic E-state index is 12.8. The standard InChI is InChI=1S/C19H22I2NO4S/c1-11(2)5-6-13-7-14(9-15(8-13)26-12(3)4)17(23)22-19-21-20-10-16(27-19)18(24)25/h5-12H,1-4H3,(H,22,23)(H,24,25)/q-1/b6-5-. The fourth-order valence-corrected chi connectivity index (χ4v) is 14.1. The summed E-state index contributed by atoms with van der Waals surface area (Å²) in [7, 11) is 0. The van der Waals surface area contributed by atoms with Crippen molar-refractivity contribution in [2.45, 2.75) is 33.8 Å². The molecule has 27 heavy (non-hydrogen) atoms. The second kappa shape index (κ2) is 10.6. The van der Waals surface area contributed by atoms with E-state index in [0.717, 1.165) is 8.53 Å². The van der Waals surface area contributed by atoms with Crippen molar-refractivity contribution >= 4 is 49.4 Å². The van der Waals surface area contributed by atoms with E-state index in [1.807, 2.05) is 36.1 Å². The summed E-state index contributed by atoms with van der Waals surface area (Å²) in [5.74, 6) is -0.0958. The molecule has 0 saturated heterocycles. The summed E-state index contributed by atoms with van der Waals surface area (Å²) in [4.78, 5) is 24.2. The molecule has 0 aromatic heterocycles. The van der Waals surface area contributed by atoms with Gasteiger partial charge in [-0.2, -0.15) is 0 Å². The van der Waals surface area contributed by atoms with Gasteiger partial charge in [-0.3, -0.25) is 0 Å². The number of rotatable bonds is 7. The Labute approximate surface area is 180 Å². The first-order valence-corrected chi connectivity index (χ1v) is 17.7. The normalized spacial score (nSPS) is 14.9. The van der Waals surface area contributed by atoms with Crippen LogP contribution < -0.4 is 27.3 Å². The number of halogens is 2. The molecular weight excluding hydrogens is 592 g/mol. The molecule has 0 radical (unpaired) electrons. The van der Waals surface area contributed by atoms with Gasteiger partial charge in [-0.25, -0.2) is 0 Å². The Morgan fingerprint density at radius 3 is 2.63 bits per heavy atom. The average molecular weight is 614 g/mol. The van der Waals surface area contributed by atoms with Gasteiger partial charge < -0.3 is 0 Å². The topological polar surface area (TPSA) is 75.6 Å². The third-order valence-corrected chi connectivity index (χ3v) is 15.0. The van der Waals surface area contributed by atoms with Crippen LogP contribution >= 0.6 is 28.5 Å². The number of hydrogen-bond donors (Lipinski definition) is 2. The quantitative estimate of drug-likeness (QED) is 0.457. The zero-order chi connectivity index (χ0) is 20.0. The Kier molecular flexibility index (Phi) is 8.80. The molecule has 0 aliphatic carbocycles. The van der Waals surface area contributed by atoms with Crippen LogP contribution in [0.5, 0.6) is 5.75 Å². The van der Waals surface area contributed by atoms with Crippen LogP contribution in [0.1, 0.15) is 43.6 Å². The van der Waals surface area contributed by atoms with E-state index in [1.54, 1.807) is 6.07 Å². The number of benzene rings is 1. The molecular formula is C19H22I2NO4S-. The molecule has 1 amide bonds. The third kappa shape index (κ3) is 7.57. The fourth-order valence-electron chi connectivity index (χ4n) is 2.02. The summed E-state index contributed by atoms with van der Waals surface area (Å²) in [6, 6.07) is 5.48. The van der Waals surface area contributed by atoms with E-state index < -0.39 is 5.97 Å². The number of carboxylic acids is 1. The van der Waals surface area contributed by atoms with Gasteiger partial charge in [-0.15, -0.1) is 0 Å². The number of amides is 1. The SMILES string of the molecule is CC(C)/C=C\c1cc(OC(C)C)cc(C(=O)NC2=I[I-]C=C(C(=O)O)S2)c1. The molecule has 8 heteroatoms. The Morgan fingerprint density at radius 1 is 1.26 bits per heavy atom. The molecule has 0 bridgehead atoms. The Morgan fingerprint density at radius 2 is 2.00 bits per heavy atom. The first-order chi connectivity index (χ1) is 12.7. The molecule has 148 valence electrons. The van der Waals surface area contributed by atoms with E-state index in [1.165, 1.54) is 11.8 Å². The second-order valence-corrected chi connectivity index (χ2v) is 16.6. The van der Waals surface area contributed by atoms with Crippen LogP contribution in [0, 0.1) is 5.92 Å². The molecule has 2 N–H and O–H groups in total. The summed E-state index contributed by atoms with van der Waals surface area (Å²) in [6.45, 7) is 8.07. The number of ether oxygens (including phenoxy) is 1. The van der Waals surface area contributed by atoms with E-state index in [9.17, 15) is 9.59 Å². The van der Waals surface area contributed by atoms with Gasteiger partial charge in [0.1, 0.15) is 0 Å². The molecule has 1 aromatic rings. The predicted molar refractivity (Wildman–Crippen MR) is 116 cm³/mol. The molecule has 1 heterocycles. The van der Waals surface area contributed by atoms with Gasteiger partial charge >= 0.3 is 181 Å². The van der Waals surface area contributed by atoms with Crippen LogP contribution in [0.25, 0.3) is 6.08 Å². The summed E-state index contributed by atoms with van der Waals surface area (Å²) < 4.78 is 8.43. The Bertz CT molecular complexity index is 816. The Balaban J connectivity index is 2.22. The van der Waals surface area contributed by atoms with E-state index >= 15 is 0 Å². The van der Waals surface area contributed by atoms with Gasteiger partial charge in [-0.05, 0) is 0 Å². The molecule has 2 rings (SSSR count). The number of thioether (sulfide) groups is 1. The summed E-state index contributed by atoms with van der Waals surface area (Å²) in [5.41, 5.74) is 1.42. The average Bonchev–Trinajstić information content (AvgIpc) is 2.59. The summed E-state index contributed by atoms with van der Waals surface area (Å²) in [6.07, 6.45) is 4.06. The van der Waals surface area contributed by atoms with E-state index in [2.05, 4.69) is 25.2 Å². The van der Waals surface area contributed by atoms with E-state index in [4.69, 9.17) is 9.84 Å². The minimum atomic E-state index is -0.927. The van der Waals surface area contributed by atoms with Crippen LogP contribution in [-0.2, 0) is 4.79 Å². The monoisotopic (exact) mass is 614 g/mol. The van der Waals surface area contributed by atoms with Crippen LogP contribution in [0.2, 0.25) is 0 Å². The van der Waals surface area contributed by atoms with Crippen LogP contribution in [0.15, 0.2) is 33.3 Å². The van der Waals surface area contributed by atoms with Crippen molar-refractivity contribution in [3.05, 3.63) is 44.4 Å². The van der Waals surface area contributed by atoms with E-state index in [-0.39, 0.29) is 46.0 Å². The number of carbonyl (C=O) groups excluding carboxylic acids is 1. The van der Waals surface area contributed by atoms with Crippen molar-refractivity contribution in [2.24, 2.45) is 5.92 Å². The van der Waals surface area contributed by atoms with Crippen molar-refractivity contribution in [2.75, 3.05) is 0 Å². The van der Waals surface area contributed by atoms with Crippen LogP contribution in [0.4, 0.5) is 0 Å². The van der Waals surface area contributed by atoms with Crippen molar-refractivity contribution in [1.82, 2.24) is 5.32 Å². The number of aliphatic carboxylic acids is 1. The van der Waals surface area contributed by atoms with Gasteiger partial charge in [0.05, 0.1) is 0 Å². The first kappa shape index (κ1) is 22.4. The molecule has 0 atom stereocenters. The zero-order valence-electron chi connectivity index (χ0n) is 15.5. The third-order valence-electron chi connectivity index (χ3n) is 3.11. The van der Waals surface area contributed by atoms with Crippen molar-refractivity contribution in [3.8, 4) is 5.75 Å². The molecule has 1 aromatic carbocycles. The van der Waals surface area contributed by atoms with Crippen molar-refractivity contribution in [3.63, 3.8) is 0 Å². The Hall–Kier alpha value is -0.880.